The highest BCUT2D eigenvalue weighted by molar-refractivity contribution is 5.29. The van der Waals surface area contributed by atoms with E-state index in [1.807, 2.05) is 0 Å². The van der Waals surface area contributed by atoms with Gasteiger partial charge in [0.1, 0.15) is 0 Å². The highest BCUT2D eigenvalue weighted by Gasteiger charge is 2.65. The molecular weight excluding hydrogens is 384 g/mol. The van der Waals surface area contributed by atoms with E-state index in [2.05, 4.69) is 26.8 Å². The molecule has 176 valence electrons. The number of rotatable bonds is 4. The molecule has 0 amide bonds. The van der Waals surface area contributed by atoms with Gasteiger partial charge >= 0.3 is 0 Å². The molecular formula is C27H46N2O2. The molecule has 0 spiro atoms. The molecule has 0 bridgehead atoms. The van der Waals surface area contributed by atoms with Gasteiger partial charge in [0.15, 0.2) is 6.29 Å². The Morgan fingerprint density at radius 3 is 2.68 bits per heavy atom. The lowest BCUT2D eigenvalue weighted by Crippen LogP contribution is -2.65. The summed E-state index contributed by atoms with van der Waals surface area (Å²) in [6.07, 6.45) is 16.2. The number of hydrogen-bond donors (Lipinski definition) is 2. The van der Waals surface area contributed by atoms with Gasteiger partial charge in [-0.25, -0.2) is 0 Å². The van der Waals surface area contributed by atoms with Crippen LogP contribution in [0, 0.1) is 34.5 Å². The summed E-state index contributed by atoms with van der Waals surface area (Å²) in [4.78, 5) is 0. The lowest BCUT2D eigenvalue weighted by atomic mass is 9.44. The Kier molecular flexibility index (Phi) is 5.85. The van der Waals surface area contributed by atoms with Crippen LogP contribution in [-0.2, 0) is 9.47 Å². The van der Waals surface area contributed by atoms with Gasteiger partial charge in [-0.05, 0) is 112 Å². The third kappa shape index (κ3) is 3.38. The zero-order chi connectivity index (χ0) is 21.9. The van der Waals surface area contributed by atoms with Crippen molar-refractivity contribution in [3.63, 3.8) is 0 Å². The van der Waals surface area contributed by atoms with Crippen molar-refractivity contribution in [3.8, 4) is 0 Å². The summed E-state index contributed by atoms with van der Waals surface area (Å²) in [6.45, 7) is 9.08. The smallest absolute Gasteiger partial charge is 0.157 e. The van der Waals surface area contributed by atoms with Crippen molar-refractivity contribution in [2.75, 3.05) is 13.2 Å². The second-order valence-corrected chi connectivity index (χ2v) is 12.2. The zero-order valence-electron chi connectivity index (χ0n) is 20.2. The second kappa shape index (κ2) is 8.11. The van der Waals surface area contributed by atoms with Crippen LogP contribution >= 0.6 is 0 Å². The van der Waals surface area contributed by atoms with Crippen LogP contribution in [0.5, 0.6) is 0 Å². The molecule has 0 aromatic rings. The third-order valence-electron chi connectivity index (χ3n) is 11.0. The summed E-state index contributed by atoms with van der Waals surface area (Å²) in [6, 6.07) is 0. The lowest BCUT2D eigenvalue weighted by Gasteiger charge is -2.62. The first kappa shape index (κ1) is 22.4. The first-order valence-electron chi connectivity index (χ1n) is 13.3. The highest BCUT2D eigenvalue weighted by atomic mass is 16.7. The van der Waals surface area contributed by atoms with Crippen molar-refractivity contribution < 1.29 is 9.47 Å². The van der Waals surface area contributed by atoms with Crippen molar-refractivity contribution in [1.82, 2.24) is 0 Å². The second-order valence-electron chi connectivity index (χ2n) is 12.2. The van der Waals surface area contributed by atoms with Crippen LogP contribution in [0.4, 0.5) is 0 Å². The van der Waals surface area contributed by atoms with E-state index in [4.69, 9.17) is 20.9 Å². The van der Waals surface area contributed by atoms with E-state index >= 15 is 0 Å². The summed E-state index contributed by atoms with van der Waals surface area (Å²) < 4.78 is 12.3. The predicted octanol–water partition coefficient (Wildman–Crippen LogP) is 5.15. The number of nitrogens with two attached hydrogens (primary N) is 2. The maximum atomic E-state index is 7.46. The molecule has 4 fully saturated rings. The lowest BCUT2D eigenvalue weighted by molar-refractivity contribution is -0.195. The van der Waals surface area contributed by atoms with Crippen molar-refractivity contribution in [2.24, 2.45) is 46.0 Å². The first-order valence-corrected chi connectivity index (χ1v) is 13.3. The van der Waals surface area contributed by atoms with Crippen LogP contribution in [0.1, 0.15) is 91.4 Å². The molecule has 4 heteroatoms. The van der Waals surface area contributed by atoms with Gasteiger partial charge in [-0.1, -0.05) is 32.4 Å². The Morgan fingerprint density at radius 2 is 1.94 bits per heavy atom. The fourth-order valence-corrected chi connectivity index (χ4v) is 8.96. The van der Waals surface area contributed by atoms with Gasteiger partial charge in [0, 0.05) is 12.1 Å². The summed E-state index contributed by atoms with van der Waals surface area (Å²) in [5, 5.41) is 0. The van der Waals surface area contributed by atoms with E-state index in [1.165, 1.54) is 51.4 Å². The van der Waals surface area contributed by atoms with Crippen LogP contribution < -0.4 is 11.5 Å². The molecule has 31 heavy (non-hydrogen) atoms. The standard InChI is InChI=1S/C27H46N2O2/c1-18(17-28)21-11-14-27(29)23-8-7-19-16-20(31-24-6-4-5-15-30-24)9-12-25(19,2)22(23)10-13-26(21,27)3/h7,18,20-24H,4-6,8-17,28-29H2,1-3H3/t18-,20+,21-,22+,23?,24?,25+,26-,27-/m1/s1. The Bertz CT molecular complexity index is 703. The highest BCUT2D eigenvalue weighted by Crippen LogP contribution is 2.68. The molecule has 2 unspecified atom stereocenters. The molecule has 4 N–H and O–H groups in total. The van der Waals surface area contributed by atoms with Gasteiger partial charge in [0.2, 0.25) is 0 Å². The summed E-state index contributed by atoms with van der Waals surface area (Å²) >= 11 is 0. The molecule has 9 atom stereocenters. The van der Waals surface area contributed by atoms with Crippen molar-refractivity contribution in [1.29, 1.82) is 0 Å². The van der Waals surface area contributed by atoms with Crippen LogP contribution in [0.2, 0.25) is 0 Å². The van der Waals surface area contributed by atoms with Gasteiger partial charge in [0.05, 0.1) is 6.10 Å². The Balaban J connectivity index is 1.35. The molecule has 1 aliphatic heterocycles. The largest absolute Gasteiger partial charge is 0.353 e. The van der Waals surface area contributed by atoms with Gasteiger partial charge in [-0.15, -0.1) is 0 Å². The zero-order valence-corrected chi connectivity index (χ0v) is 20.2. The van der Waals surface area contributed by atoms with Crippen molar-refractivity contribution >= 4 is 0 Å². The molecule has 0 aromatic carbocycles. The topological polar surface area (TPSA) is 70.5 Å². The van der Waals surface area contributed by atoms with Gasteiger partial charge < -0.3 is 20.9 Å². The number of fused-ring (bicyclic) bond motifs is 5. The maximum absolute atomic E-state index is 7.46. The SMILES string of the molecule is C[C@H](CN)[C@H]1CC[C@@]2(N)C3CC=C4C[C@@H](OC5CCCCO5)CC[C@]4(C)[C@H]3CC[C@]12C. The molecule has 3 saturated carbocycles. The molecule has 1 saturated heterocycles. The van der Waals surface area contributed by atoms with Crippen LogP contribution in [-0.4, -0.2) is 31.1 Å². The van der Waals surface area contributed by atoms with E-state index in [-0.39, 0.29) is 17.2 Å². The predicted molar refractivity (Wildman–Crippen MR) is 125 cm³/mol. The minimum absolute atomic E-state index is 0.0294. The third-order valence-corrected chi connectivity index (χ3v) is 11.0. The van der Waals surface area contributed by atoms with Crippen LogP contribution in [0.15, 0.2) is 11.6 Å². The fourth-order valence-electron chi connectivity index (χ4n) is 8.96. The van der Waals surface area contributed by atoms with Gasteiger partial charge in [-0.2, -0.15) is 0 Å². The van der Waals surface area contributed by atoms with E-state index < -0.39 is 0 Å². The first-order chi connectivity index (χ1) is 14.8. The normalized spacial score (nSPS) is 50.7. The molecule has 4 nitrogen and oxygen atoms in total. The Labute approximate surface area is 189 Å². The molecule has 1 heterocycles. The molecule has 4 aliphatic carbocycles. The Hall–Kier alpha value is -0.420. The Morgan fingerprint density at radius 1 is 1.10 bits per heavy atom. The molecule has 5 aliphatic rings. The monoisotopic (exact) mass is 430 g/mol. The minimum Gasteiger partial charge on any atom is -0.353 e. The van der Waals surface area contributed by atoms with Crippen molar-refractivity contribution in [2.45, 2.75) is 109 Å². The maximum Gasteiger partial charge on any atom is 0.157 e. The summed E-state index contributed by atoms with van der Waals surface area (Å²) in [7, 11) is 0. The summed E-state index contributed by atoms with van der Waals surface area (Å²) in [5.41, 5.74) is 15.8. The van der Waals surface area contributed by atoms with E-state index in [0.29, 0.717) is 29.3 Å². The van der Waals surface area contributed by atoms with Crippen molar-refractivity contribution in [3.05, 3.63) is 11.6 Å². The molecule has 0 radical (unpaired) electrons. The quantitative estimate of drug-likeness (QED) is 0.605. The average Bonchev–Trinajstić information content (AvgIpc) is 3.05. The van der Waals surface area contributed by atoms with E-state index in [0.717, 1.165) is 38.3 Å². The minimum atomic E-state index is -0.0294. The van der Waals surface area contributed by atoms with E-state index in [1.54, 1.807) is 5.57 Å². The number of hydrogen-bond acceptors (Lipinski definition) is 4. The fraction of sp³-hybridized carbons (Fsp3) is 0.926. The number of allylic oxidation sites excluding steroid dienone is 1. The number of ether oxygens (including phenoxy) is 2. The summed E-state index contributed by atoms with van der Waals surface area (Å²) in [5.74, 6) is 2.60. The average molecular weight is 431 g/mol. The molecule has 0 aromatic heterocycles. The van der Waals surface area contributed by atoms with Crippen LogP contribution in [0.3, 0.4) is 0 Å². The van der Waals surface area contributed by atoms with Crippen LogP contribution in [0.25, 0.3) is 0 Å². The van der Waals surface area contributed by atoms with Gasteiger partial charge in [0.25, 0.3) is 0 Å². The molecule has 5 rings (SSSR count). The van der Waals surface area contributed by atoms with Gasteiger partial charge in [-0.3, -0.25) is 0 Å². The van der Waals surface area contributed by atoms with E-state index in [9.17, 15) is 0 Å².